The topological polar surface area (TPSA) is 57.7 Å². The predicted molar refractivity (Wildman–Crippen MR) is 114 cm³/mol. The average molecular weight is 397 g/mol. The molecule has 2 fully saturated rings. The Morgan fingerprint density at radius 3 is 2.79 bits per heavy atom. The molecular weight excluding hydrogens is 364 g/mol. The maximum atomic E-state index is 11.6. The number of anilines is 1. The van der Waals surface area contributed by atoms with Crippen LogP contribution in [0.1, 0.15) is 44.6 Å². The number of carbonyl (C=O) groups is 1. The van der Waals surface area contributed by atoms with E-state index in [2.05, 4.69) is 31.9 Å². The van der Waals surface area contributed by atoms with Crippen molar-refractivity contribution in [2.24, 2.45) is 5.92 Å². The Labute approximate surface area is 174 Å². The van der Waals surface area contributed by atoms with Crippen molar-refractivity contribution < 1.29 is 9.53 Å². The maximum absolute atomic E-state index is 11.6. The normalized spacial score (nSPS) is 24.2. The van der Waals surface area contributed by atoms with Gasteiger partial charge >= 0.3 is 0 Å². The SMILES string of the molecule is CC#CC(=O)N[C@H]1CC[C@H](CCN2CCN(c3nccc4c3CCO4)CC2)CC1. The third-order valence-corrected chi connectivity index (χ3v) is 6.55. The van der Waals surface area contributed by atoms with Crippen LogP contribution in [0.2, 0.25) is 0 Å². The van der Waals surface area contributed by atoms with Gasteiger partial charge in [-0.3, -0.25) is 9.69 Å². The van der Waals surface area contributed by atoms with Crippen LogP contribution in [0.5, 0.6) is 5.75 Å². The predicted octanol–water partition coefficient (Wildman–Crippen LogP) is 2.23. The van der Waals surface area contributed by atoms with E-state index in [9.17, 15) is 4.79 Å². The van der Waals surface area contributed by atoms with Crippen LogP contribution in [0, 0.1) is 17.8 Å². The van der Waals surface area contributed by atoms with Crippen molar-refractivity contribution in [3.63, 3.8) is 0 Å². The van der Waals surface area contributed by atoms with Gasteiger partial charge < -0.3 is 15.0 Å². The van der Waals surface area contributed by atoms with Crippen molar-refractivity contribution in [3.05, 3.63) is 17.8 Å². The summed E-state index contributed by atoms with van der Waals surface area (Å²) in [5, 5.41) is 3.04. The largest absolute Gasteiger partial charge is 0.493 e. The van der Waals surface area contributed by atoms with Crippen LogP contribution < -0.4 is 15.0 Å². The summed E-state index contributed by atoms with van der Waals surface area (Å²) in [4.78, 5) is 21.3. The van der Waals surface area contributed by atoms with Gasteiger partial charge in [-0.05, 0) is 63.5 Å². The van der Waals surface area contributed by atoms with Crippen LogP contribution in [-0.4, -0.2) is 61.2 Å². The van der Waals surface area contributed by atoms with E-state index in [0.717, 1.165) is 69.5 Å². The molecule has 4 rings (SSSR count). The van der Waals surface area contributed by atoms with Crippen molar-refractivity contribution >= 4 is 11.7 Å². The Balaban J connectivity index is 1.17. The number of ether oxygens (including phenoxy) is 1. The fourth-order valence-corrected chi connectivity index (χ4v) is 4.85. The minimum absolute atomic E-state index is 0.126. The zero-order valence-electron chi connectivity index (χ0n) is 17.5. The van der Waals surface area contributed by atoms with Crippen molar-refractivity contribution in [3.8, 4) is 17.6 Å². The third kappa shape index (κ3) is 5.02. The highest BCUT2D eigenvalue weighted by molar-refractivity contribution is 5.93. The number of amides is 1. The molecule has 1 saturated carbocycles. The van der Waals surface area contributed by atoms with E-state index < -0.39 is 0 Å². The number of fused-ring (bicyclic) bond motifs is 1. The van der Waals surface area contributed by atoms with Gasteiger partial charge in [0.2, 0.25) is 0 Å². The van der Waals surface area contributed by atoms with Gasteiger partial charge in [0.05, 0.1) is 6.61 Å². The number of pyridine rings is 1. The molecule has 0 bridgehead atoms. The fourth-order valence-electron chi connectivity index (χ4n) is 4.85. The Hall–Kier alpha value is -2.26. The first kappa shape index (κ1) is 20.0. The highest BCUT2D eigenvalue weighted by Crippen LogP contribution is 2.32. The minimum atomic E-state index is -0.126. The monoisotopic (exact) mass is 396 g/mol. The summed E-state index contributed by atoms with van der Waals surface area (Å²) in [6.45, 7) is 7.96. The summed E-state index contributed by atoms with van der Waals surface area (Å²) in [7, 11) is 0. The summed E-state index contributed by atoms with van der Waals surface area (Å²) in [5.74, 6) is 8.06. The maximum Gasteiger partial charge on any atom is 0.296 e. The molecule has 3 aliphatic rings. The molecule has 1 aliphatic carbocycles. The van der Waals surface area contributed by atoms with Crippen molar-refractivity contribution in [1.29, 1.82) is 0 Å². The summed E-state index contributed by atoms with van der Waals surface area (Å²) < 4.78 is 5.69. The van der Waals surface area contributed by atoms with Gasteiger partial charge in [0.1, 0.15) is 11.6 Å². The van der Waals surface area contributed by atoms with Gasteiger partial charge in [-0.25, -0.2) is 4.98 Å². The van der Waals surface area contributed by atoms with E-state index >= 15 is 0 Å². The standard InChI is InChI=1S/C23H32N4O2/c1-2-3-22(28)25-19-6-4-18(5-7-19)9-12-26-13-15-27(16-14-26)23-20-10-17-29-21(20)8-11-24-23/h8,11,18-19H,4-7,9-10,12-17H2,1H3,(H,25,28)/t18-,19-. The number of nitrogens with one attached hydrogen (secondary N) is 1. The van der Waals surface area contributed by atoms with Crippen LogP contribution in [0.3, 0.4) is 0 Å². The van der Waals surface area contributed by atoms with Crippen molar-refractivity contribution in [1.82, 2.24) is 15.2 Å². The second-order valence-corrected chi connectivity index (χ2v) is 8.39. The Kier molecular flexibility index (Phi) is 6.56. The molecule has 1 aromatic heterocycles. The van der Waals surface area contributed by atoms with Crippen LogP contribution in [0.25, 0.3) is 0 Å². The van der Waals surface area contributed by atoms with Gasteiger partial charge in [-0.2, -0.15) is 0 Å². The second-order valence-electron chi connectivity index (χ2n) is 8.39. The molecule has 1 N–H and O–H groups in total. The lowest BCUT2D eigenvalue weighted by molar-refractivity contribution is -0.116. The number of rotatable bonds is 5. The van der Waals surface area contributed by atoms with Crippen LogP contribution >= 0.6 is 0 Å². The Morgan fingerprint density at radius 2 is 2.03 bits per heavy atom. The van der Waals surface area contributed by atoms with Gasteiger partial charge in [-0.15, -0.1) is 0 Å². The van der Waals surface area contributed by atoms with Gasteiger partial charge in [-0.1, -0.05) is 5.92 Å². The van der Waals surface area contributed by atoms with E-state index in [1.54, 1.807) is 6.92 Å². The Bertz CT molecular complexity index is 769. The smallest absolute Gasteiger partial charge is 0.296 e. The van der Waals surface area contributed by atoms with E-state index in [1.165, 1.54) is 31.4 Å². The zero-order valence-corrected chi connectivity index (χ0v) is 17.5. The third-order valence-electron chi connectivity index (χ3n) is 6.55. The molecule has 0 unspecified atom stereocenters. The number of hydrogen-bond donors (Lipinski definition) is 1. The molecule has 1 aromatic rings. The average Bonchev–Trinajstić information content (AvgIpc) is 3.23. The molecule has 2 aliphatic heterocycles. The summed E-state index contributed by atoms with van der Waals surface area (Å²) >= 11 is 0. The Morgan fingerprint density at radius 1 is 1.24 bits per heavy atom. The summed E-state index contributed by atoms with van der Waals surface area (Å²) in [6, 6.07) is 2.30. The number of hydrogen-bond acceptors (Lipinski definition) is 5. The summed E-state index contributed by atoms with van der Waals surface area (Å²) in [6.07, 6.45) is 8.72. The molecular formula is C23H32N4O2. The van der Waals surface area contributed by atoms with Gasteiger partial charge in [0.25, 0.3) is 5.91 Å². The molecule has 6 heteroatoms. The quantitative estimate of drug-likeness (QED) is 0.774. The molecule has 29 heavy (non-hydrogen) atoms. The lowest BCUT2D eigenvalue weighted by atomic mass is 9.84. The first-order chi connectivity index (χ1) is 14.2. The molecule has 1 saturated heterocycles. The van der Waals surface area contributed by atoms with E-state index in [4.69, 9.17) is 4.74 Å². The highest BCUT2D eigenvalue weighted by atomic mass is 16.5. The lowest BCUT2D eigenvalue weighted by Crippen LogP contribution is -2.47. The van der Waals surface area contributed by atoms with Gasteiger partial charge in [0, 0.05) is 50.4 Å². The minimum Gasteiger partial charge on any atom is -0.493 e. The highest BCUT2D eigenvalue weighted by Gasteiger charge is 2.26. The van der Waals surface area contributed by atoms with Crippen molar-refractivity contribution in [2.75, 3.05) is 44.2 Å². The fraction of sp³-hybridized carbons (Fsp3) is 0.652. The van der Waals surface area contributed by atoms with E-state index in [1.807, 2.05) is 12.3 Å². The second kappa shape index (κ2) is 9.49. The number of piperazine rings is 1. The van der Waals surface area contributed by atoms with Crippen LogP contribution in [0.4, 0.5) is 5.82 Å². The molecule has 0 atom stereocenters. The number of carbonyl (C=O) groups excluding carboxylic acids is 1. The van der Waals surface area contributed by atoms with Crippen LogP contribution in [-0.2, 0) is 11.2 Å². The molecule has 3 heterocycles. The first-order valence-corrected chi connectivity index (χ1v) is 11.0. The van der Waals surface area contributed by atoms with E-state index in [0.29, 0.717) is 6.04 Å². The number of aromatic nitrogens is 1. The molecule has 0 aromatic carbocycles. The lowest BCUT2D eigenvalue weighted by Gasteiger charge is -2.37. The van der Waals surface area contributed by atoms with Crippen molar-refractivity contribution in [2.45, 2.75) is 51.5 Å². The molecule has 0 spiro atoms. The molecule has 156 valence electrons. The number of nitrogens with zero attached hydrogens (tertiary/aromatic N) is 3. The zero-order chi connectivity index (χ0) is 20.1. The summed E-state index contributed by atoms with van der Waals surface area (Å²) in [5.41, 5.74) is 1.29. The molecule has 6 nitrogen and oxygen atoms in total. The molecule has 0 radical (unpaired) electrons. The molecule has 1 amide bonds. The van der Waals surface area contributed by atoms with E-state index in [-0.39, 0.29) is 5.91 Å². The van der Waals surface area contributed by atoms with Crippen LogP contribution in [0.15, 0.2) is 12.3 Å². The first-order valence-electron chi connectivity index (χ1n) is 11.0. The van der Waals surface area contributed by atoms with Gasteiger partial charge in [0.15, 0.2) is 0 Å².